The first-order chi connectivity index (χ1) is 12.6. The van der Waals surface area contributed by atoms with Gasteiger partial charge in [-0.25, -0.2) is 0 Å². The molecule has 3 rings (SSSR count). The molecule has 0 atom stereocenters. The Morgan fingerprint density at radius 3 is 2.58 bits per heavy atom. The minimum atomic E-state index is -0.125. The van der Waals surface area contributed by atoms with Crippen molar-refractivity contribution >= 4 is 23.2 Å². The molecule has 2 N–H and O–H groups in total. The Kier molecular flexibility index (Phi) is 6.09. The van der Waals surface area contributed by atoms with Crippen LogP contribution in [0.1, 0.15) is 41.7 Å². The molecule has 0 saturated heterocycles. The molecule has 0 spiro atoms. The lowest BCUT2D eigenvalue weighted by Gasteiger charge is -2.28. The van der Waals surface area contributed by atoms with Crippen LogP contribution in [0, 0.1) is 6.92 Å². The fourth-order valence-corrected chi connectivity index (χ4v) is 4.71. The zero-order valence-electron chi connectivity index (χ0n) is 15.2. The Morgan fingerprint density at radius 2 is 1.88 bits per heavy atom. The average Bonchev–Trinajstić information content (AvgIpc) is 3.30. The van der Waals surface area contributed by atoms with Crippen molar-refractivity contribution in [2.45, 2.75) is 44.4 Å². The Hall–Kier alpha value is -2.14. The summed E-state index contributed by atoms with van der Waals surface area (Å²) < 4.78 is 0. The van der Waals surface area contributed by atoms with Crippen LogP contribution in [0.3, 0.4) is 0 Å². The second kappa shape index (κ2) is 8.49. The molecule has 1 aromatic heterocycles. The van der Waals surface area contributed by atoms with Gasteiger partial charge in [-0.05, 0) is 36.8 Å². The maximum absolute atomic E-state index is 12.2. The lowest BCUT2D eigenvalue weighted by Crippen LogP contribution is -2.43. The van der Waals surface area contributed by atoms with Gasteiger partial charge in [0.25, 0.3) is 0 Å². The van der Waals surface area contributed by atoms with Gasteiger partial charge >= 0.3 is 0 Å². The van der Waals surface area contributed by atoms with Gasteiger partial charge in [-0.3, -0.25) is 9.59 Å². The van der Waals surface area contributed by atoms with Crippen molar-refractivity contribution < 1.29 is 9.59 Å². The van der Waals surface area contributed by atoms with Gasteiger partial charge in [0.05, 0.1) is 13.0 Å². The van der Waals surface area contributed by atoms with E-state index in [1.165, 1.54) is 17.7 Å². The summed E-state index contributed by atoms with van der Waals surface area (Å²) >= 11 is 1.77. The van der Waals surface area contributed by atoms with Crippen molar-refractivity contribution in [3.63, 3.8) is 0 Å². The van der Waals surface area contributed by atoms with Crippen molar-refractivity contribution in [3.8, 4) is 0 Å². The standard InChI is InChI=1S/C21H26N2O2S/c1-16-6-4-7-17(12-16)13-19(24)22-14-20(25)23-15-21(9-2-3-10-21)18-8-5-11-26-18/h4-8,11-12H,2-3,9-10,13-15H2,1H3,(H,22,24)(H,23,25). The van der Waals surface area contributed by atoms with Crippen LogP contribution < -0.4 is 10.6 Å². The number of amides is 2. The molecule has 0 bridgehead atoms. The maximum atomic E-state index is 12.2. The third-order valence-electron chi connectivity index (χ3n) is 5.12. The Labute approximate surface area is 159 Å². The van der Waals surface area contributed by atoms with E-state index in [-0.39, 0.29) is 23.8 Å². The van der Waals surface area contributed by atoms with Gasteiger partial charge in [0.15, 0.2) is 0 Å². The van der Waals surface area contributed by atoms with Crippen LogP contribution in [-0.4, -0.2) is 24.9 Å². The minimum absolute atomic E-state index is 0.0329. The van der Waals surface area contributed by atoms with Crippen LogP contribution in [0.2, 0.25) is 0 Å². The van der Waals surface area contributed by atoms with E-state index in [2.05, 4.69) is 28.1 Å². The predicted molar refractivity (Wildman–Crippen MR) is 105 cm³/mol. The Balaban J connectivity index is 1.46. The quantitative estimate of drug-likeness (QED) is 0.785. The molecule has 26 heavy (non-hydrogen) atoms. The van der Waals surface area contributed by atoms with E-state index in [0.29, 0.717) is 13.0 Å². The molecule has 0 unspecified atom stereocenters. The lowest BCUT2D eigenvalue weighted by atomic mass is 9.84. The molecule has 5 heteroatoms. The number of carbonyl (C=O) groups is 2. The first-order valence-corrected chi connectivity index (χ1v) is 10.1. The molecule has 138 valence electrons. The monoisotopic (exact) mass is 370 g/mol. The highest BCUT2D eigenvalue weighted by molar-refractivity contribution is 7.10. The second-order valence-electron chi connectivity index (χ2n) is 7.18. The van der Waals surface area contributed by atoms with Crippen molar-refractivity contribution in [3.05, 3.63) is 57.8 Å². The highest BCUT2D eigenvalue weighted by Crippen LogP contribution is 2.42. The van der Waals surface area contributed by atoms with Gasteiger partial charge in [0, 0.05) is 16.8 Å². The van der Waals surface area contributed by atoms with Crippen LogP contribution >= 0.6 is 11.3 Å². The average molecular weight is 371 g/mol. The topological polar surface area (TPSA) is 58.2 Å². The van der Waals surface area contributed by atoms with Crippen LogP contribution in [0.5, 0.6) is 0 Å². The smallest absolute Gasteiger partial charge is 0.239 e. The summed E-state index contributed by atoms with van der Waals surface area (Å²) in [5.74, 6) is -0.245. The number of carbonyl (C=O) groups excluding carboxylic acids is 2. The number of hydrogen-bond acceptors (Lipinski definition) is 3. The Morgan fingerprint density at radius 1 is 1.08 bits per heavy atom. The largest absolute Gasteiger partial charge is 0.354 e. The summed E-state index contributed by atoms with van der Waals surface area (Å²) in [6.07, 6.45) is 4.96. The number of hydrogen-bond donors (Lipinski definition) is 2. The molecule has 1 fully saturated rings. The summed E-state index contributed by atoms with van der Waals surface area (Å²) in [6, 6.07) is 12.1. The van der Waals surface area contributed by atoms with Gasteiger partial charge in [-0.2, -0.15) is 0 Å². The normalized spacial score (nSPS) is 15.6. The van der Waals surface area contributed by atoms with Crippen molar-refractivity contribution in [1.29, 1.82) is 0 Å². The SMILES string of the molecule is Cc1cccc(CC(=O)NCC(=O)NCC2(c3cccs3)CCCC2)c1. The summed E-state index contributed by atoms with van der Waals surface area (Å²) in [6.45, 7) is 2.69. The molecule has 2 amide bonds. The zero-order chi connectivity index (χ0) is 18.4. The van der Waals surface area contributed by atoms with Gasteiger partial charge < -0.3 is 10.6 Å². The van der Waals surface area contributed by atoms with Crippen LogP contribution in [0.4, 0.5) is 0 Å². The van der Waals surface area contributed by atoms with Gasteiger partial charge in [-0.1, -0.05) is 48.7 Å². The van der Waals surface area contributed by atoms with Gasteiger partial charge in [-0.15, -0.1) is 11.3 Å². The van der Waals surface area contributed by atoms with E-state index in [4.69, 9.17) is 0 Å². The summed E-state index contributed by atoms with van der Waals surface area (Å²) in [7, 11) is 0. The molecule has 4 nitrogen and oxygen atoms in total. The predicted octanol–water partition coefficient (Wildman–Crippen LogP) is 3.34. The lowest BCUT2D eigenvalue weighted by molar-refractivity contribution is -0.125. The fraction of sp³-hybridized carbons (Fsp3) is 0.429. The van der Waals surface area contributed by atoms with E-state index >= 15 is 0 Å². The molecule has 0 radical (unpaired) electrons. The zero-order valence-corrected chi connectivity index (χ0v) is 16.0. The van der Waals surface area contributed by atoms with Crippen LogP contribution in [-0.2, 0) is 21.4 Å². The number of benzene rings is 1. The minimum Gasteiger partial charge on any atom is -0.354 e. The van der Waals surface area contributed by atoms with Crippen molar-refractivity contribution in [2.24, 2.45) is 0 Å². The molecule has 1 aliphatic rings. The van der Waals surface area contributed by atoms with Crippen LogP contribution in [0.15, 0.2) is 41.8 Å². The molecule has 1 heterocycles. The third-order valence-corrected chi connectivity index (χ3v) is 6.24. The molecule has 0 aliphatic heterocycles. The molecular formula is C21H26N2O2S. The van der Waals surface area contributed by atoms with Crippen LogP contribution in [0.25, 0.3) is 0 Å². The van der Waals surface area contributed by atoms with E-state index in [9.17, 15) is 9.59 Å². The highest BCUT2D eigenvalue weighted by Gasteiger charge is 2.36. The maximum Gasteiger partial charge on any atom is 0.239 e. The first kappa shape index (κ1) is 18.6. The van der Waals surface area contributed by atoms with E-state index < -0.39 is 0 Å². The second-order valence-corrected chi connectivity index (χ2v) is 8.13. The molecule has 1 aromatic carbocycles. The summed E-state index contributed by atoms with van der Waals surface area (Å²) in [5, 5.41) is 7.86. The molecule has 1 saturated carbocycles. The van der Waals surface area contributed by atoms with E-state index in [1.54, 1.807) is 11.3 Å². The Bertz CT molecular complexity index is 749. The fourth-order valence-electron chi connectivity index (χ4n) is 3.72. The van der Waals surface area contributed by atoms with E-state index in [1.807, 2.05) is 31.2 Å². The number of nitrogens with one attached hydrogen (secondary N) is 2. The molecular weight excluding hydrogens is 344 g/mol. The highest BCUT2D eigenvalue weighted by atomic mass is 32.1. The number of thiophene rings is 1. The van der Waals surface area contributed by atoms with Crippen molar-refractivity contribution in [2.75, 3.05) is 13.1 Å². The number of aryl methyl sites for hydroxylation is 1. The van der Waals surface area contributed by atoms with Crippen molar-refractivity contribution in [1.82, 2.24) is 10.6 Å². The van der Waals surface area contributed by atoms with Gasteiger partial charge in [0.2, 0.25) is 11.8 Å². The molecule has 1 aliphatic carbocycles. The first-order valence-electron chi connectivity index (χ1n) is 9.20. The number of rotatable bonds is 7. The molecule has 2 aromatic rings. The van der Waals surface area contributed by atoms with Gasteiger partial charge in [0.1, 0.15) is 0 Å². The summed E-state index contributed by atoms with van der Waals surface area (Å²) in [4.78, 5) is 25.6. The van der Waals surface area contributed by atoms with E-state index in [0.717, 1.165) is 24.0 Å². The third kappa shape index (κ3) is 4.73. The summed E-state index contributed by atoms with van der Waals surface area (Å²) in [5.41, 5.74) is 2.17.